The Hall–Kier alpha value is -0.520. The van der Waals surface area contributed by atoms with E-state index in [0.29, 0.717) is 0 Å². The smallest absolute Gasteiger partial charge is 0.0233 e. The van der Waals surface area contributed by atoms with Gasteiger partial charge in [-0.3, -0.25) is 0 Å². The van der Waals surface area contributed by atoms with Gasteiger partial charge in [0.1, 0.15) is 0 Å². The van der Waals surface area contributed by atoms with Gasteiger partial charge in [-0.2, -0.15) is 0 Å². The van der Waals surface area contributed by atoms with Crippen molar-refractivity contribution in [3.8, 4) is 0 Å². The van der Waals surface area contributed by atoms with Gasteiger partial charge in [0.25, 0.3) is 0 Å². The Labute approximate surface area is 120 Å². The number of hydrogen-bond donors (Lipinski definition) is 0. The molecule has 2 saturated carbocycles. The molecule has 19 heavy (non-hydrogen) atoms. The first-order valence-electron chi connectivity index (χ1n) is 8.59. The van der Waals surface area contributed by atoms with E-state index in [0.717, 1.165) is 23.7 Å². The normalized spacial score (nSPS) is 37.8. The van der Waals surface area contributed by atoms with Crippen molar-refractivity contribution < 1.29 is 0 Å². The van der Waals surface area contributed by atoms with E-state index in [1.165, 1.54) is 57.8 Å². The molecule has 0 aliphatic heterocycles. The topological polar surface area (TPSA) is 0 Å². The van der Waals surface area contributed by atoms with Gasteiger partial charge in [0, 0.05) is 0 Å². The molecular formula is C19H32. The molecule has 2 fully saturated rings. The van der Waals surface area contributed by atoms with Gasteiger partial charge >= 0.3 is 0 Å². The molecule has 0 spiro atoms. The number of allylic oxidation sites excluding steroid dienone is 4. The van der Waals surface area contributed by atoms with Gasteiger partial charge in [0.2, 0.25) is 0 Å². The first kappa shape index (κ1) is 14.9. The van der Waals surface area contributed by atoms with E-state index in [4.69, 9.17) is 0 Å². The highest BCUT2D eigenvalue weighted by atomic mass is 14.3. The van der Waals surface area contributed by atoms with Crippen LogP contribution in [0.3, 0.4) is 0 Å². The molecule has 0 bridgehead atoms. The van der Waals surface area contributed by atoms with Gasteiger partial charge in [-0.25, -0.2) is 0 Å². The molecule has 2 aliphatic carbocycles. The van der Waals surface area contributed by atoms with E-state index in [1.54, 1.807) is 0 Å². The van der Waals surface area contributed by atoms with Crippen molar-refractivity contribution in [1.82, 2.24) is 0 Å². The monoisotopic (exact) mass is 260 g/mol. The van der Waals surface area contributed by atoms with E-state index in [-0.39, 0.29) is 0 Å². The molecule has 0 aromatic rings. The zero-order valence-electron chi connectivity index (χ0n) is 13.0. The van der Waals surface area contributed by atoms with Crippen LogP contribution in [-0.2, 0) is 0 Å². The van der Waals surface area contributed by atoms with Crippen LogP contribution in [0.25, 0.3) is 0 Å². The van der Waals surface area contributed by atoms with Crippen LogP contribution in [0.1, 0.15) is 71.6 Å². The summed E-state index contributed by atoms with van der Waals surface area (Å²) in [5.41, 5.74) is 0. The summed E-state index contributed by atoms with van der Waals surface area (Å²) >= 11 is 0. The summed E-state index contributed by atoms with van der Waals surface area (Å²) in [4.78, 5) is 0. The fourth-order valence-electron chi connectivity index (χ4n) is 4.38. The number of hydrogen-bond acceptors (Lipinski definition) is 0. The van der Waals surface area contributed by atoms with Gasteiger partial charge in [0.05, 0.1) is 0 Å². The Morgan fingerprint density at radius 3 is 1.58 bits per heavy atom. The zero-order valence-corrected chi connectivity index (χ0v) is 13.0. The maximum atomic E-state index is 2.45. The maximum absolute atomic E-state index is 2.45. The molecule has 108 valence electrons. The zero-order chi connectivity index (χ0) is 13.5. The second-order valence-electron chi connectivity index (χ2n) is 6.75. The second kappa shape index (κ2) is 7.92. The van der Waals surface area contributed by atoms with Crippen LogP contribution in [0.4, 0.5) is 0 Å². The molecule has 2 unspecified atom stereocenters. The Kier molecular flexibility index (Phi) is 6.20. The van der Waals surface area contributed by atoms with Crippen LogP contribution in [0.15, 0.2) is 24.3 Å². The van der Waals surface area contributed by atoms with Crippen LogP contribution < -0.4 is 0 Å². The lowest BCUT2D eigenvalue weighted by atomic mass is 9.73. The van der Waals surface area contributed by atoms with Crippen molar-refractivity contribution in [3.05, 3.63) is 24.3 Å². The maximum Gasteiger partial charge on any atom is -0.0233 e. The van der Waals surface area contributed by atoms with Crippen molar-refractivity contribution in [2.45, 2.75) is 71.6 Å². The van der Waals surface area contributed by atoms with E-state index in [2.05, 4.69) is 38.2 Å². The number of rotatable bonds is 3. The second-order valence-corrected chi connectivity index (χ2v) is 6.75. The summed E-state index contributed by atoms with van der Waals surface area (Å²) in [6.07, 6.45) is 22.6. The molecule has 2 aliphatic rings. The standard InChI is InChI=1S/C19H32/c1-3-6-16-8-5-9-18(13-10-16)19-14-11-17(7-4-2)12-15-19/h3-4,6-7,16-19H,5,8-15H2,1-2H3/b6-3+,7-4+. The summed E-state index contributed by atoms with van der Waals surface area (Å²) in [6, 6.07) is 0. The third-order valence-electron chi connectivity index (χ3n) is 5.47. The molecule has 0 radical (unpaired) electrons. The summed E-state index contributed by atoms with van der Waals surface area (Å²) in [7, 11) is 0. The van der Waals surface area contributed by atoms with Crippen molar-refractivity contribution in [1.29, 1.82) is 0 Å². The molecule has 0 saturated heterocycles. The largest absolute Gasteiger partial charge is 0.0914 e. The lowest BCUT2D eigenvalue weighted by Crippen LogP contribution is -2.21. The van der Waals surface area contributed by atoms with Crippen molar-refractivity contribution in [2.24, 2.45) is 23.7 Å². The van der Waals surface area contributed by atoms with Crippen molar-refractivity contribution in [3.63, 3.8) is 0 Å². The third-order valence-corrected chi connectivity index (χ3v) is 5.47. The minimum atomic E-state index is 0.884. The molecule has 2 atom stereocenters. The Morgan fingerprint density at radius 2 is 1.05 bits per heavy atom. The van der Waals surface area contributed by atoms with E-state index in [1.807, 2.05) is 0 Å². The predicted octanol–water partition coefficient (Wildman–Crippen LogP) is 6.14. The molecule has 0 heterocycles. The highest BCUT2D eigenvalue weighted by Crippen LogP contribution is 2.40. The quantitative estimate of drug-likeness (QED) is 0.422. The SMILES string of the molecule is C/C=C/C1CCCC(C2CCC(/C=C/C)CC2)CC1. The molecular weight excluding hydrogens is 228 g/mol. The molecule has 0 aromatic heterocycles. The first-order chi connectivity index (χ1) is 9.33. The molecule has 0 heteroatoms. The first-order valence-corrected chi connectivity index (χ1v) is 8.59. The van der Waals surface area contributed by atoms with E-state index in [9.17, 15) is 0 Å². The summed E-state index contributed by atoms with van der Waals surface area (Å²) in [5.74, 6) is 3.87. The van der Waals surface area contributed by atoms with Gasteiger partial charge in [-0.15, -0.1) is 0 Å². The van der Waals surface area contributed by atoms with Gasteiger partial charge in [0.15, 0.2) is 0 Å². The fraction of sp³-hybridized carbons (Fsp3) is 0.789. The van der Waals surface area contributed by atoms with Crippen molar-refractivity contribution >= 4 is 0 Å². The van der Waals surface area contributed by atoms with Crippen LogP contribution in [0.2, 0.25) is 0 Å². The average Bonchev–Trinajstić information content (AvgIpc) is 2.66. The Morgan fingerprint density at radius 1 is 0.579 bits per heavy atom. The highest BCUT2D eigenvalue weighted by Gasteiger charge is 2.28. The van der Waals surface area contributed by atoms with Crippen LogP contribution in [0.5, 0.6) is 0 Å². The predicted molar refractivity (Wildman–Crippen MR) is 85.1 cm³/mol. The third kappa shape index (κ3) is 4.51. The molecule has 0 aromatic carbocycles. The highest BCUT2D eigenvalue weighted by molar-refractivity contribution is 4.92. The Balaban J connectivity index is 1.80. The van der Waals surface area contributed by atoms with Gasteiger partial charge < -0.3 is 0 Å². The summed E-state index contributed by atoms with van der Waals surface area (Å²) < 4.78 is 0. The van der Waals surface area contributed by atoms with Crippen LogP contribution in [0, 0.1) is 23.7 Å². The van der Waals surface area contributed by atoms with E-state index < -0.39 is 0 Å². The molecule has 0 N–H and O–H groups in total. The molecule has 2 rings (SSSR count). The lowest BCUT2D eigenvalue weighted by Gasteiger charge is -2.32. The summed E-state index contributed by atoms with van der Waals surface area (Å²) in [6.45, 7) is 4.34. The van der Waals surface area contributed by atoms with Crippen molar-refractivity contribution in [2.75, 3.05) is 0 Å². The van der Waals surface area contributed by atoms with Gasteiger partial charge in [-0.1, -0.05) is 37.1 Å². The van der Waals surface area contributed by atoms with Crippen LogP contribution >= 0.6 is 0 Å². The molecule has 0 amide bonds. The minimum absolute atomic E-state index is 0.884. The van der Waals surface area contributed by atoms with Gasteiger partial charge in [-0.05, 0) is 82.5 Å². The lowest BCUT2D eigenvalue weighted by molar-refractivity contribution is 0.205. The minimum Gasteiger partial charge on any atom is -0.0914 e. The van der Waals surface area contributed by atoms with E-state index >= 15 is 0 Å². The molecule has 0 nitrogen and oxygen atoms in total. The Bertz CT molecular complexity index is 291. The fourth-order valence-corrected chi connectivity index (χ4v) is 4.38. The average molecular weight is 260 g/mol. The van der Waals surface area contributed by atoms with Crippen LogP contribution in [-0.4, -0.2) is 0 Å². The summed E-state index contributed by atoms with van der Waals surface area (Å²) in [5, 5.41) is 0.